The number of nitrogens with one attached hydrogen (secondary N) is 1. The highest BCUT2D eigenvalue weighted by atomic mass is 16.5. The number of aliphatic hydroxyl groups excluding tert-OH is 2. The Bertz CT molecular complexity index is 646. The van der Waals surface area contributed by atoms with E-state index in [9.17, 15) is 14.7 Å². The number of ether oxygens (including phenoxy) is 1. The summed E-state index contributed by atoms with van der Waals surface area (Å²) < 4.78 is 6.52. The van der Waals surface area contributed by atoms with Gasteiger partial charge in [0.05, 0.1) is 30.9 Å². The zero-order chi connectivity index (χ0) is 14.7. The molecule has 3 N–H and O–H groups in total. The third-order valence-corrected chi connectivity index (χ3v) is 3.05. The number of rotatable bonds is 4. The number of aliphatic hydroxyl groups is 2. The molecule has 108 valence electrons. The van der Waals surface area contributed by atoms with E-state index >= 15 is 0 Å². The van der Waals surface area contributed by atoms with Gasteiger partial charge in [-0.15, -0.1) is 0 Å². The molecule has 0 unspecified atom stereocenters. The van der Waals surface area contributed by atoms with Crippen molar-refractivity contribution in [1.29, 1.82) is 0 Å². The molecule has 10 nitrogen and oxygen atoms in total. The molecule has 1 aliphatic heterocycles. The normalized spacial score (nSPS) is 25.4. The summed E-state index contributed by atoms with van der Waals surface area (Å²) in [6.45, 7) is -0.577. The summed E-state index contributed by atoms with van der Waals surface area (Å²) in [7, 11) is 0. The molecule has 1 saturated heterocycles. The Hall–Kier alpha value is -2.13. The van der Waals surface area contributed by atoms with Gasteiger partial charge in [0.2, 0.25) is 0 Å². The van der Waals surface area contributed by atoms with E-state index in [0.29, 0.717) is 0 Å². The first-order valence-electron chi connectivity index (χ1n) is 5.86. The molecule has 1 fully saturated rings. The Labute approximate surface area is 111 Å². The van der Waals surface area contributed by atoms with Crippen LogP contribution in [0.3, 0.4) is 0 Å². The standard InChI is InChI=1S/C10H13N5O5/c11-14-12-2-7-6(17)1-8(20-7)15-3-5(4-16)9(18)13-10(15)19/h3,6-8,16-17H,1-2,4H2,(H,13,18,19)/t6-,7+,8+/m0/s1. The van der Waals surface area contributed by atoms with Crippen LogP contribution in [0.4, 0.5) is 0 Å². The molecule has 3 atom stereocenters. The molecule has 20 heavy (non-hydrogen) atoms. The monoisotopic (exact) mass is 283 g/mol. The largest absolute Gasteiger partial charge is 0.391 e. The van der Waals surface area contributed by atoms with Crippen molar-refractivity contribution in [2.24, 2.45) is 5.11 Å². The predicted molar refractivity (Wildman–Crippen MR) is 65.8 cm³/mol. The minimum atomic E-state index is -0.887. The van der Waals surface area contributed by atoms with Crippen molar-refractivity contribution in [1.82, 2.24) is 9.55 Å². The molecule has 0 radical (unpaired) electrons. The number of nitrogens with zero attached hydrogens (tertiary/aromatic N) is 4. The molecule has 10 heteroatoms. The van der Waals surface area contributed by atoms with Crippen LogP contribution in [0.1, 0.15) is 18.2 Å². The molecule has 0 bridgehead atoms. The lowest BCUT2D eigenvalue weighted by atomic mass is 10.2. The van der Waals surface area contributed by atoms with E-state index in [2.05, 4.69) is 15.0 Å². The maximum Gasteiger partial charge on any atom is 0.330 e. The molecule has 1 aromatic heterocycles. The van der Waals surface area contributed by atoms with Gasteiger partial charge < -0.3 is 14.9 Å². The summed E-state index contributed by atoms with van der Waals surface area (Å²) in [6.07, 6.45) is -1.09. The minimum Gasteiger partial charge on any atom is -0.391 e. The zero-order valence-corrected chi connectivity index (χ0v) is 10.3. The summed E-state index contributed by atoms with van der Waals surface area (Å²) in [5.41, 5.74) is 6.88. The predicted octanol–water partition coefficient (Wildman–Crippen LogP) is -1.01. The average Bonchev–Trinajstić information content (AvgIpc) is 2.77. The molecule has 0 spiro atoms. The van der Waals surface area contributed by atoms with Gasteiger partial charge in [-0.05, 0) is 5.53 Å². The smallest absolute Gasteiger partial charge is 0.330 e. The van der Waals surface area contributed by atoms with E-state index < -0.39 is 36.3 Å². The van der Waals surface area contributed by atoms with Gasteiger partial charge >= 0.3 is 5.69 Å². The fourth-order valence-corrected chi connectivity index (χ4v) is 2.02. The SMILES string of the molecule is [N-]=[N+]=NC[C@H]1O[C@@H](n2cc(CO)c(=O)[nH]c2=O)C[C@@H]1O. The van der Waals surface area contributed by atoms with Crippen LogP contribution < -0.4 is 11.2 Å². The van der Waals surface area contributed by atoms with E-state index in [4.69, 9.17) is 15.4 Å². The zero-order valence-electron chi connectivity index (χ0n) is 10.3. The Morgan fingerprint density at radius 1 is 1.60 bits per heavy atom. The second kappa shape index (κ2) is 5.88. The lowest BCUT2D eigenvalue weighted by Crippen LogP contribution is -2.34. The highest BCUT2D eigenvalue weighted by Gasteiger charge is 2.35. The van der Waals surface area contributed by atoms with Gasteiger partial charge in [0.25, 0.3) is 5.56 Å². The second-order valence-corrected chi connectivity index (χ2v) is 4.32. The van der Waals surface area contributed by atoms with Crippen molar-refractivity contribution in [2.45, 2.75) is 31.5 Å². The summed E-state index contributed by atoms with van der Waals surface area (Å²) in [4.78, 5) is 27.7. The number of azide groups is 1. The summed E-state index contributed by atoms with van der Waals surface area (Å²) >= 11 is 0. The number of aromatic nitrogens is 2. The Morgan fingerprint density at radius 2 is 2.35 bits per heavy atom. The van der Waals surface area contributed by atoms with Gasteiger partial charge in [-0.2, -0.15) is 0 Å². The number of hydrogen-bond acceptors (Lipinski definition) is 6. The molecule has 0 aliphatic carbocycles. The van der Waals surface area contributed by atoms with E-state index in [0.717, 1.165) is 4.57 Å². The minimum absolute atomic E-state index is 0.0150. The van der Waals surface area contributed by atoms with E-state index in [1.165, 1.54) is 6.20 Å². The van der Waals surface area contributed by atoms with Gasteiger partial charge in [-0.3, -0.25) is 14.3 Å². The van der Waals surface area contributed by atoms with Crippen molar-refractivity contribution in [2.75, 3.05) is 6.54 Å². The van der Waals surface area contributed by atoms with Crippen LogP contribution in [0.15, 0.2) is 20.9 Å². The van der Waals surface area contributed by atoms with Crippen molar-refractivity contribution >= 4 is 0 Å². The molecule has 1 aliphatic rings. The highest BCUT2D eigenvalue weighted by molar-refractivity contribution is 5.03. The number of H-pyrrole nitrogens is 1. The van der Waals surface area contributed by atoms with Crippen LogP contribution >= 0.6 is 0 Å². The molecular formula is C10H13N5O5. The maximum atomic E-state index is 11.7. The summed E-state index contributed by atoms with van der Waals surface area (Å²) in [5.74, 6) is 0. The van der Waals surface area contributed by atoms with Crippen LogP contribution in [0.2, 0.25) is 0 Å². The molecule has 1 aromatic rings. The molecule has 0 amide bonds. The van der Waals surface area contributed by atoms with Gasteiger partial charge in [0, 0.05) is 17.5 Å². The van der Waals surface area contributed by atoms with Crippen molar-refractivity contribution in [3.8, 4) is 0 Å². The maximum absolute atomic E-state index is 11.7. The van der Waals surface area contributed by atoms with Crippen LogP contribution in [0.5, 0.6) is 0 Å². The van der Waals surface area contributed by atoms with E-state index in [-0.39, 0.29) is 18.5 Å². The van der Waals surface area contributed by atoms with Gasteiger partial charge in [-0.1, -0.05) is 5.11 Å². The van der Waals surface area contributed by atoms with Crippen LogP contribution in [0, 0.1) is 0 Å². The number of hydrogen-bond donors (Lipinski definition) is 3. The molecule has 2 heterocycles. The fourth-order valence-electron chi connectivity index (χ4n) is 2.02. The lowest BCUT2D eigenvalue weighted by molar-refractivity contribution is -0.0153. The third-order valence-electron chi connectivity index (χ3n) is 3.05. The quantitative estimate of drug-likeness (QED) is 0.367. The van der Waals surface area contributed by atoms with Crippen molar-refractivity contribution in [3.05, 3.63) is 43.0 Å². The highest BCUT2D eigenvalue weighted by Crippen LogP contribution is 2.27. The first-order chi connectivity index (χ1) is 9.56. The first kappa shape index (κ1) is 14.3. The average molecular weight is 283 g/mol. The number of aromatic amines is 1. The van der Waals surface area contributed by atoms with Gasteiger partial charge in [-0.25, -0.2) is 4.79 Å². The Balaban J connectivity index is 2.27. The molecule has 0 saturated carbocycles. The summed E-state index contributed by atoms with van der Waals surface area (Å²) in [6, 6.07) is 0. The van der Waals surface area contributed by atoms with Gasteiger partial charge in [0.15, 0.2) is 0 Å². The summed E-state index contributed by atoms with van der Waals surface area (Å²) in [5, 5.41) is 22.1. The fraction of sp³-hybridized carbons (Fsp3) is 0.600. The Morgan fingerprint density at radius 3 is 3.00 bits per heavy atom. The molecule has 2 rings (SSSR count). The van der Waals surface area contributed by atoms with Gasteiger partial charge in [0.1, 0.15) is 6.23 Å². The molecule has 0 aromatic carbocycles. The second-order valence-electron chi connectivity index (χ2n) is 4.32. The van der Waals surface area contributed by atoms with E-state index in [1.807, 2.05) is 0 Å². The lowest BCUT2D eigenvalue weighted by Gasteiger charge is -2.15. The van der Waals surface area contributed by atoms with Crippen LogP contribution in [0.25, 0.3) is 10.4 Å². The van der Waals surface area contributed by atoms with Crippen LogP contribution in [-0.2, 0) is 11.3 Å². The van der Waals surface area contributed by atoms with Crippen LogP contribution in [-0.4, -0.2) is 38.5 Å². The topological polar surface area (TPSA) is 153 Å². The van der Waals surface area contributed by atoms with E-state index in [1.54, 1.807) is 0 Å². The third kappa shape index (κ3) is 2.73. The Kier molecular flexibility index (Phi) is 4.20. The van der Waals surface area contributed by atoms with Crippen molar-refractivity contribution in [3.63, 3.8) is 0 Å². The molecular weight excluding hydrogens is 270 g/mol. The first-order valence-corrected chi connectivity index (χ1v) is 5.86. The van der Waals surface area contributed by atoms with Crippen molar-refractivity contribution < 1.29 is 14.9 Å².